The smallest absolute Gasteiger partial charge is 0.0642 e. The van der Waals surface area contributed by atoms with Gasteiger partial charge in [0.25, 0.3) is 0 Å². The molecule has 0 radical (unpaired) electrons. The number of benzene rings is 1. The lowest BCUT2D eigenvalue weighted by Crippen LogP contribution is -2.39. The zero-order valence-corrected chi connectivity index (χ0v) is 14.3. The van der Waals surface area contributed by atoms with Gasteiger partial charge in [-0.1, -0.05) is 23.7 Å². The summed E-state index contributed by atoms with van der Waals surface area (Å²) in [7, 11) is 1.80. The molecule has 0 spiro atoms. The minimum Gasteiger partial charge on any atom is -0.381 e. The largest absolute Gasteiger partial charge is 0.381 e. The van der Waals surface area contributed by atoms with Gasteiger partial charge in [-0.3, -0.25) is 0 Å². The van der Waals surface area contributed by atoms with E-state index in [0.717, 1.165) is 37.5 Å². The summed E-state index contributed by atoms with van der Waals surface area (Å²) < 4.78 is 5.46. The van der Waals surface area contributed by atoms with Crippen molar-refractivity contribution in [1.82, 2.24) is 5.32 Å². The second kappa shape index (κ2) is 6.99. The van der Waals surface area contributed by atoms with E-state index in [2.05, 4.69) is 37.1 Å². The van der Waals surface area contributed by atoms with Gasteiger partial charge in [-0.2, -0.15) is 0 Å². The molecule has 0 saturated carbocycles. The molecule has 2 rings (SSSR count). The van der Waals surface area contributed by atoms with Crippen molar-refractivity contribution < 1.29 is 4.74 Å². The molecule has 0 aromatic heterocycles. The molecule has 0 bridgehead atoms. The quantitative estimate of drug-likeness (QED) is 0.914. The summed E-state index contributed by atoms with van der Waals surface area (Å²) in [6, 6.07) is 6.19. The molecule has 1 heterocycles. The Bertz CT molecular complexity index is 462. The Kier molecular flexibility index (Phi) is 5.53. The number of para-hydroxylation sites is 1. The number of anilines is 1. The van der Waals surface area contributed by atoms with E-state index >= 15 is 0 Å². The Morgan fingerprint density at radius 2 is 1.95 bits per heavy atom. The van der Waals surface area contributed by atoms with Crippen molar-refractivity contribution in [3.63, 3.8) is 0 Å². The first-order valence-corrected chi connectivity index (χ1v) is 8.08. The van der Waals surface area contributed by atoms with Gasteiger partial charge in [0.2, 0.25) is 0 Å². The molecule has 1 aliphatic heterocycles. The molecule has 1 N–H and O–H groups in total. The fraction of sp³-hybridized carbons (Fsp3) is 0.647. The van der Waals surface area contributed by atoms with Gasteiger partial charge in [-0.25, -0.2) is 0 Å². The fourth-order valence-corrected chi connectivity index (χ4v) is 3.05. The van der Waals surface area contributed by atoms with Crippen molar-refractivity contribution in [2.75, 3.05) is 25.1 Å². The van der Waals surface area contributed by atoms with Gasteiger partial charge in [0.1, 0.15) is 0 Å². The van der Waals surface area contributed by atoms with Crippen LogP contribution in [-0.2, 0) is 11.3 Å². The summed E-state index contributed by atoms with van der Waals surface area (Å²) in [5.74, 6) is 0. The number of piperidine rings is 1. The summed E-state index contributed by atoms with van der Waals surface area (Å²) in [5, 5.41) is 4.40. The van der Waals surface area contributed by atoms with Gasteiger partial charge in [-0.15, -0.1) is 0 Å². The van der Waals surface area contributed by atoms with Gasteiger partial charge < -0.3 is 15.0 Å². The number of nitrogens with zero attached hydrogens (tertiary/aromatic N) is 1. The molecular weight excluding hydrogens is 284 g/mol. The number of ether oxygens (including phenoxy) is 1. The zero-order chi connectivity index (χ0) is 15.5. The van der Waals surface area contributed by atoms with Crippen molar-refractivity contribution >= 4 is 17.3 Å². The van der Waals surface area contributed by atoms with Crippen LogP contribution < -0.4 is 10.2 Å². The molecular formula is C17H27ClN2O. The van der Waals surface area contributed by atoms with E-state index in [9.17, 15) is 0 Å². The Morgan fingerprint density at radius 1 is 1.29 bits per heavy atom. The molecule has 1 aromatic carbocycles. The molecule has 1 aliphatic rings. The molecule has 0 amide bonds. The topological polar surface area (TPSA) is 24.5 Å². The highest BCUT2D eigenvalue weighted by atomic mass is 35.5. The number of hydrogen-bond donors (Lipinski definition) is 1. The molecule has 4 heteroatoms. The van der Waals surface area contributed by atoms with Gasteiger partial charge in [0.05, 0.1) is 16.8 Å². The Balaban J connectivity index is 2.14. The standard InChI is InChI=1S/C17H27ClN2O/c1-17(2,3)19-12-13-6-5-7-15(18)16(13)20-10-8-14(21-4)9-11-20/h5-7,14,19H,8-12H2,1-4H3. The van der Waals surface area contributed by atoms with Crippen LogP contribution in [0.2, 0.25) is 5.02 Å². The number of rotatable bonds is 4. The highest BCUT2D eigenvalue weighted by molar-refractivity contribution is 6.33. The van der Waals surface area contributed by atoms with Gasteiger partial charge in [0, 0.05) is 32.3 Å². The molecule has 118 valence electrons. The van der Waals surface area contributed by atoms with Crippen LogP contribution >= 0.6 is 11.6 Å². The van der Waals surface area contributed by atoms with Crippen LogP contribution in [0.5, 0.6) is 0 Å². The van der Waals surface area contributed by atoms with E-state index in [0.29, 0.717) is 6.10 Å². The maximum Gasteiger partial charge on any atom is 0.0642 e. The molecule has 21 heavy (non-hydrogen) atoms. The van der Waals surface area contributed by atoms with Gasteiger partial charge >= 0.3 is 0 Å². The Labute approximate surface area is 133 Å². The molecule has 1 aromatic rings. The number of halogens is 1. The third-order valence-electron chi connectivity index (χ3n) is 3.97. The first kappa shape index (κ1) is 16.6. The first-order valence-electron chi connectivity index (χ1n) is 7.71. The first-order chi connectivity index (χ1) is 9.90. The number of nitrogens with one attached hydrogen (secondary N) is 1. The number of methoxy groups -OCH3 is 1. The van der Waals surface area contributed by atoms with Crippen LogP contribution in [-0.4, -0.2) is 31.8 Å². The van der Waals surface area contributed by atoms with E-state index in [1.807, 2.05) is 12.1 Å². The SMILES string of the molecule is COC1CCN(c2c(Cl)cccc2CNC(C)(C)C)CC1. The predicted octanol–water partition coefficient (Wildman–Crippen LogP) is 3.84. The lowest BCUT2D eigenvalue weighted by molar-refractivity contribution is 0.0819. The highest BCUT2D eigenvalue weighted by Gasteiger charge is 2.22. The summed E-state index contributed by atoms with van der Waals surface area (Å²) >= 11 is 6.48. The number of hydrogen-bond acceptors (Lipinski definition) is 3. The van der Waals surface area contributed by atoms with E-state index in [1.165, 1.54) is 11.3 Å². The average molecular weight is 311 g/mol. The van der Waals surface area contributed by atoms with Crippen LogP contribution in [0, 0.1) is 0 Å². The normalized spacial score (nSPS) is 17.3. The zero-order valence-electron chi connectivity index (χ0n) is 13.6. The van der Waals surface area contributed by atoms with E-state index in [4.69, 9.17) is 16.3 Å². The minimum atomic E-state index is 0.0998. The highest BCUT2D eigenvalue weighted by Crippen LogP contribution is 2.32. The minimum absolute atomic E-state index is 0.0998. The van der Waals surface area contributed by atoms with Crippen molar-refractivity contribution in [1.29, 1.82) is 0 Å². The average Bonchev–Trinajstić information content (AvgIpc) is 2.44. The third-order valence-corrected chi connectivity index (χ3v) is 4.28. The van der Waals surface area contributed by atoms with Crippen LogP contribution in [0.25, 0.3) is 0 Å². The van der Waals surface area contributed by atoms with Crippen molar-refractivity contribution in [2.45, 2.75) is 51.8 Å². The van der Waals surface area contributed by atoms with E-state index < -0.39 is 0 Å². The van der Waals surface area contributed by atoms with E-state index in [-0.39, 0.29) is 5.54 Å². The second-order valence-electron chi connectivity index (χ2n) is 6.77. The molecule has 3 nitrogen and oxygen atoms in total. The molecule has 1 fully saturated rings. The third kappa shape index (κ3) is 4.60. The van der Waals surface area contributed by atoms with Crippen molar-refractivity contribution in [3.05, 3.63) is 28.8 Å². The summed E-state index contributed by atoms with van der Waals surface area (Å²) in [6.07, 6.45) is 2.52. The molecule has 0 atom stereocenters. The van der Waals surface area contributed by atoms with Crippen LogP contribution in [0.15, 0.2) is 18.2 Å². The Hall–Kier alpha value is -0.770. The predicted molar refractivity (Wildman–Crippen MR) is 90.3 cm³/mol. The van der Waals surface area contributed by atoms with Crippen molar-refractivity contribution in [3.8, 4) is 0 Å². The van der Waals surface area contributed by atoms with Crippen LogP contribution in [0.4, 0.5) is 5.69 Å². The monoisotopic (exact) mass is 310 g/mol. The fourth-order valence-electron chi connectivity index (χ4n) is 2.73. The maximum atomic E-state index is 6.48. The molecule has 0 unspecified atom stereocenters. The van der Waals surface area contributed by atoms with Crippen LogP contribution in [0.1, 0.15) is 39.2 Å². The summed E-state index contributed by atoms with van der Waals surface area (Å²) in [6.45, 7) is 9.39. The summed E-state index contributed by atoms with van der Waals surface area (Å²) in [5.41, 5.74) is 2.56. The lowest BCUT2D eigenvalue weighted by Gasteiger charge is -2.35. The maximum absolute atomic E-state index is 6.48. The van der Waals surface area contributed by atoms with Crippen LogP contribution in [0.3, 0.4) is 0 Å². The van der Waals surface area contributed by atoms with E-state index in [1.54, 1.807) is 7.11 Å². The lowest BCUT2D eigenvalue weighted by atomic mass is 10.0. The van der Waals surface area contributed by atoms with Gasteiger partial charge in [-0.05, 0) is 45.2 Å². The van der Waals surface area contributed by atoms with Crippen molar-refractivity contribution in [2.24, 2.45) is 0 Å². The Morgan fingerprint density at radius 3 is 2.52 bits per heavy atom. The molecule has 0 aliphatic carbocycles. The molecule has 1 saturated heterocycles. The second-order valence-corrected chi connectivity index (χ2v) is 7.18. The summed E-state index contributed by atoms with van der Waals surface area (Å²) in [4.78, 5) is 2.40. The van der Waals surface area contributed by atoms with Gasteiger partial charge in [0.15, 0.2) is 0 Å².